The van der Waals surface area contributed by atoms with Crippen LogP contribution in [0.1, 0.15) is 156 Å². The molecule has 0 aromatic rings. The Bertz CT molecular complexity index is 1430. The minimum Gasteiger partial charge on any atom is -0.462 e. The highest BCUT2D eigenvalue weighted by atomic mass is 31.2. The van der Waals surface area contributed by atoms with Crippen molar-refractivity contribution in [2.45, 2.75) is 186 Å². The fourth-order valence-corrected chi connectivity index (χ4v) is 7.21. The number of carbonyl (C=O) groups excluding carboxylic acids is 2. The second-order valence-corrected chi connectivity index (χ2v) is 19.0. The van der Waals surface area contributed by atoms with Crippen LogP contribution in [0.25, 0.3) is 0 Å². The summed E-state index contributed by atoms with van der Waals surface area (Å²) in [6.45, 7) is 3.50. The first-order chi connectivity index (χ1) is 30.4. The fourth-order valence-electron chi connectivity index (χ4n) is 6.05. The zero-order chi connectivity index (χ0) is 47.9. The van der Waals surface area contributed by atoms with Gasteiger partial charge in [-0.15, -0.1) is 0 Å². The van der Waals surface area contributed by atoms with Gasteiger partial charge in [-0.3, -0.25) is 23.2 Å². The first kappa shape index (κ1) is 61.7. The van der Waals surface area contributed by atoms with E-state index in [1.807, 2.05) is 19.1 Å². The number of phosphoric ester groups is 2. The van der Waals surface area contributed by atoms with Gasteiger partial charge in [0.05, 0.1) is 38.1 Å². The lowest BCUT2D eigenvalue weighted by molar-refractivity contribution is -0.161. The summed E-state index contributed by atoms with van der Waals surface area (Å²) in [5.41, 5.74) is 0. The summed E-state index contributed by atoms with van der Waals surface area (Å²) in [7, 11) is -9.82. The quantitative estimate of drug-likeness (QED) is 0.00992. The number of hydrogen-bond donors (Lipinski definition) is 7. The monoisotopic (exact) mass is 953 g/mol. The zero-order valence-corrected chi connectivity index (χ0v) is 40.4. The van der Waals surface area contributed by atoms with Crippen LogP contribution < -0.4 is 0 Å². The maximum Gasteiger partial charge on any atom is 0.472 e. The minimum absolute atomic E-state index is 0.0214. The SMILES string of the molecule is CC/C=C\C[C@H](O)/C=C/C=C/C=C\C=C/[C@@H](O)[C@H](O)CCCC(=O)O[C@H](COC(=O)CCCCCCCCCCCCCCCCC(C)C)COP(=O)(O)OC[C@@H](O)COP(=O)(O)O. The van der Waals surface area contributed by atoms with Gasteiger partial charge >= 0.3 is 27.6 Å². The van der Waals surface area contributed by atoms with E-state index in [2.05, 4.69) is 22.9 Å². The Morgan fingerprint density at radius 3 is 1.62 bits per heavy atom. The van der Waals surface area contributed by atoms with E-state index in [1.54, 1.807) is 42.5 Å². The van der Waals surface area contributed by atoms with Gasteiger partial charge in [0.2, 0.25) is 0 Å². The van der Waals surface area contributed by atoms with Gasteiger partial charge in [-0.05, 0) is 38.0 Å². The van der Waals surface area contributed by atoms with Crippen LogP contribution in [0.5, 0.6) is 0 Å². The van der Waals surface area contributed by atoms with Crippen molar-refractivity contribution in [3.8, 4) is 0 Å². The van der Waals surface area contributed by atoms with E-state index in [-0.39, 0.29) is 25.7 Å². The lowest BCUT2D eigenvalue weighted by Crippen LogP contribution is -2.30. The number of aliphatic hydroxyl groups excluding tert-OH is 4. The van der Waals surface area contributed by atoms with Crippen molar-refractivity contribution in [1.29, 1.82) is 0 Å². The molecule has 0 aliphatic rings. The smallest absolute Gasteiger partial charge is 0.462 e. The van der Waals surface area contributed by atoms with Gasteiger partial charge in [0.25, 0.3) is 0 Å². The number of esters is 2. The van der Waals surface area contributed by atoms with Crippen LogP contribution in [-0.2, 0) is 41.8 Å². The molecule has 0 fully saturated rings. The number of unbranched alkanes of at least 4 members (excludes halogenated alkanes) is 13. The number of aliphatic hydroxyl groups is 4. The molecular formula is C46H82O16P2. The van der Waals surface area contributed by atoms with Gasteiger partial charge in [0, 0.05) is 12.8 Å². The third-order valence-electron chi connectivity index (χ3n) is 9.68. The standard InChI is InChI=1S/C46H82O16P2/c1-4-5-22-29-40(47)30-24-19-16-17-20-25-31-43(49)44(50)32-27-34-46(52)62-42(38-61-64(56,57)60-36-41(48)35-59-63(53,54)55)37-58-45(51)33-26-21-15-13-11-9-7-6-8-10-12-14-18-23-28-39(2)3/h5,16-17,19-20,22,24-25,30-31,39-44,47-50H,4,6-15,18,21,23,26-29,32-38H2,1-3H3,(H,56,57)(H2,53,54,55)/b19-16+,20-17-,22-5-,30-24+,31-25-/t40-,41-,42+,43+,44+/m0/s1. The number of hydrogen-bond acceptors (Lipinski definition) is 13. The van der Waals surface area contributed by atoms with E-state index < -0.39 is 84.5 Å². The second-order valence-electron chi connectivity index (χ2n) is 16.3. The summed E-state index contributed by atoms with van der Waals surface area (Å²) < 4.78 is 47.6. The van der Waals surface area contributed by atoms with Crippen LogP contribution in [0, 0.1) is 5.92 Å². The fraction of sp³-hybridized carbons (Fsp3) is 0.739. The molecule has 0 aromatic carbocycles. The van der Waals surface area contributed by atoms with Gasteiger partial charge in [-0.1, -0.05) is 171 Å². The van der Waals surface area contributed by atoms with Crippen LogP contribution in [-0.4, -0.2) is 104 Å². The van der Waals surface area contributed by atoms with Crippen LogP contribution >= 0.6 is 15.6 Å². The molecule has 0 radical (unpaired) electrons. The normalized spacial score (nSPS) is 16.0. The van der Waals surface area contributed by atoms with Crippen LogP contribution in [0.4, 0.5) is 0 Å². The molecule has 0 rings (SSSR count). The van der Waals surface area contributed by atoms with Gasteiger partial charge < -0.3 is 44.6 Å². The first-order valence-corrected chi connectivity index (χ1v) is 26.2. The van der Waals surface area contributed by atoms with E-state index in [4.69, 9.17) is 23.8 Å². The maximum atomic E-state index is 12.7. The number of allylic oxidation sites excluding steroid dienone is 7. The van der Waals surface area contributed by atoms with Crippen molar-refractivity contribution >= 4 is 27.6 Å². The average Bonchev–Trinajstić information content (AvgIpc) is 3.23. The molecule has 0 saturated carbocycles. The van der Waals surface area contributed by atoms with Crippen LogP contribution in [0.3, 0.4) is 0 Å². The van der Waals surface area contributed by atoms with Gasteiger partial charge in [-0.2, -0.15) is 0 Å². The van der Waals surface area contributed by atoms with E-state index >= 15 is 0 Å². The van der Waals surface area contributed by atoms with Gasteiger partial charge in [0.15, 0.2) is 6.10 Å². The molecule has 0 amide bonds. The Morgan fingerprint density at radius 1 is 0.562 bits per heavy atom. The molecule has 0 aliphatic carbocycles. The Balaban J connectivity index is 4.79. The summed E-state index contributed by atoms with van der Waals surface area (Å²) >= 11 is 0. The second kappa shape index (κ2) is 39.8. The number of carbonyl (C=O) groups is 2. The lowest BCUT2D eigenvalue weighted by atomic mass is 10.0. The van der Waals surface area contributed by atoms with Crippen molar-refractivity contribution in [2.24, 2.45) is 5.92 Å². The highest BCUT2D eigenvalue weighted by Crippen LogP contribution is 2.43. The van der Waals surface area contributed by atoms with E-state index in [9.17, 15) is 44.0 Å². The molecule has 6 atom stereocenters. The van der Waals surface area contributed by atoms with Crippen molar-refractivity contribution in [3.05, 3.63) is 60.8 Å². The summed E-state index contributed by atoms with van der Waals surface area (Å²) in [5, 5.41) is 40.3. The molecule has 16 nitrogen and oxygen atoms in total. The van der Waals surface area contributed by atoms with Crippen molar-refractivity contribution in [1.82, 2.24) is 0 Å². The van der Waals surface area contributed by atoms with E-state index in [0.29, 0.717) is 12.8 Å². The van der Waals surface area contributed by atoms with Crippen molar-refractivity contribution in [2.75, 3.05) is 26.4 Å². The molecule has 7 N–H and O–H groups in total. The van der Waals surface area contributed by atoms with Gasteiger partial charge in [-0.25, -0.2) is 9.13 Å². The van der Waals surface area contributed by atoms with Crippen molar-refractivity contribution in [3.63, 3.8) is 0 Å². The number of phosphoric acid groups is 2. The maximum absolute atomic E-state index is 12.7. The van der Waals surface area contributed by atoms with Crippen molar-refractivity contribution < 1.29 is 76.9 Å². The first-order valence-electron chi connectivity index (χ1n) is 23.2. The molecule has 0 heterocycles. The van der Waals surface area contributed by atoms with Crippen LogP contribution in [0.15, 0.2) is 60.8 Å². The average molecular weight is 953 g/mol. The predicted molar refractivity (Wildman–Crippen MR) is 248 cm³/mol. The molecule has 0 aromatic heterocycles. The molecule has 1 unspecified atom stereocenters. The summed E-state index contributed by atoms with van der Waals surface area (Å²) in [6, 6.07) is 0. The summed E-state index contributed by atoms with van der Waals surface area (Å²) in [6.07, 6.45) is 30.2. The largest absolute Gasteiger partial charge is 0.472 e. The topological polar surface area (TPSA) is 256 Å². The highest BCUT2D eigenvalue weighted by Gasteiger charge is 2.28. The third kappa shape index (κ3) is 42.3. The Labute approximate surface area is 382 Å². The molecule has 372 valence electrons. The molecule has 0 spiro atoms. The summed E-state index contributed by atoms with van der Waals surface area (Å²) in [4.78, 5) is 52.8. The third-order valence-corrected chi connectivity index (χ3v) is 11.1. The summed E-state index contributed by atoms with van der Waals surface area (Å²) in [5.74, 6) is -0.569. The number of ether oxygens (including phenoxy) is 2. The Morgan fingerprint density at radius 2 is 1.06 bits per heavy atom. The molecule has 18 heteroatoms. The van der Waals surface area contributed by atoms with E-state index in [1.165, 1.54) is 70.3 Å². The minimum atomic E-state index is -4.91. The zero-order valence-electron chi connectivity index (χ0n) is 38.6. The lowest BCUT2D eigenvalue weighted by Gasteiger charge is -2.21. The highest BCUT2D eigenvalue weighted by molar-refractivity contribution is 7.47. The number of rotatable bonds is 42. The molecule has 0 saturated heterocycles. The van der Waals surface area contributed by atoms with Crippen LogP contribution in [0.2, 0.25) is 0 Å². The molecular weight excluding hydrogens is 870 g/mol. The van der Waals surface area contributed by atoms with E-state index in [0.717, 1.165) is 38.0 Å². The predicted octanol–water partition coefficient (Wildman–Crippen LogP) is 8.78. The molecule has 0 aliphatic heterocycles. The van der Waals surface area contributed by atoms with Gasteiger partial charge in [0.1, 0.15) is 12.7 Å². The Hall–Kier alpha value is -2.30. The molecule has 0 bridgehead atoms. The molecule has 64 heavy (non-hydrogen) atoms. The Kier molecular flexibility index (Phi) is 38.4.